The lowest BCUT2D eigenvalue weighted by Gasteiger charge is -2.02. The highest BCUT2D eigenvalue weighted by molar-refractivity contribution is 5.84. The molecule has 1 heterocycles. The second-order valence-corrected chi connectivity index (χ2v) is 4.92. The third kappa shape index (κ3) is 1.45. The molecule has 1 aromatic carbocycles. The summed E-state index contributed by atoms with van der Waals surface area (Å²) < 4.78 is 10.4. The number of rotatable bonds is 1. The number of aliphatic hydroxyl groups excluding tert-OH is 1. The summed E-state index contributed by atoms with van der Waals surface area (Å²) in [5.74, 6) is 0.845. The first kappa shape index (κ1) is 10.5. The maximum absolute atomic E-state index is 10.3. The zero-order valence-corrected chi connectivity index (χ0v) is 10.4. The van der Waals surface area contributed by atoms with Crippen molar-refractivity contribution < 1.29 is 14.6 Å². The minimum atomic E-state index is 0.211. The molecule has 0 atom stereocenters. The Balaban J connectivity index is 1.91. The average molecular weight is 252 g/mol. The number of benzene rings is 1. The highest BCUT2D eigenvalue weighted by Crippen LogP contribution is 2.28. The number of fused-ring (bicyclic) bond motifs is 2. The Morgan fingerprint density at radius 3 is 2.79 bits per heavy atom. The smallest absolute Gasteiger partial charge is 0.230 e. The van der Waals surface area contributed by atoms with Gasteiger partial charge in [0.15, 0.2) is 5.76 Å². The van der Waals surface area contributed by atoms with Crippen LogP contribution in [0.1, 0.15) is 18.1 Å². The Labute approximate surface area is 110 Å². The lowest BCUT2D eigenvalue weighted by atomic mass is 10.1. The molecule has 2 aliphatic carbocycles. The fourth-order valence-corrected chi connectivity index (χ4v) is 2.70. The van der Waals surface area contributed by atoms with Gasteiger partial charge >= 0.3 is 0 Å². The van der Waals surface area contributed by atoms with Crippen molar-refractivity contribution in [3.8, 4) is 0 Å². The van der Waals surface area contributed by atoms with Crippen LogP contribution in [0.5, 0.6) is 0 Å². The molecular weight excluding hydrogens is 240 g/mol. The normalized spacial score (nSPS) is 18.8. The van der Waals surface area contributed by atoms with Crippen LogP contribution in [0.4, 0.5) is 0 Å². The summed E-state index contributed by atoms with van der Waals surface area (Å²) in [4.78, 5) is 0. The number of hydrogen-bond acceptors (Lipinski definition) is 3. The minimum Gasteiger partial charge on any atom is -0.507 e. The van der Waals surface area contributed by atoms with E-state index in [-0.39, 0.29) is 12.6 Å². The Hall–Kier alpha value is -2.42. The maximum atomic E-state index is 10.3. The van der Waals surface area contributed by atoms with Gasteiger partial charge in [-0.15, -0.1) is 0 Å². The Morgan fingerprint density at radius 2 is 2.00 bits per heavy atom. The predicted octanol–water partition coefficient (Wildman–Crippen LogP) is 1.79. The molecule has 1 aliphatic heterocycles. The minimum absolute atomic E-state index is 0.211. The summed E-state index contributed by atoms with van der Waals surface area (Å²) in [6.07, 6.45) is 7.74. The number of allylic oxidation sites excluding steroid dienone is 2. The van der Waals surface area contributed by atoms with Gasteiger partial charge < -0.3 is 14.6 Å². The van der Waals surface area contributed by atoms with Gasteiger partial charge in [-0.1, -0.05) is 12.2 Å². The Kier molecular flexibility index (Phi) is 1.96. The number of aliphatic hydroxyl groups is 1. The van der Waals surface area contributed by atoms with Crippen LogP contribution in [0.3, 0.4) is 0 Å². The highest BCUT2D eigenvalue weighted by atomic mass is 16.7. The van der Waals surface area contributed by atoms with Gasteiger partial charge in [-0.2, -0.15) is 0 Å². The number of hydrogen-bond donors (Lipinski definition) is 1. The summed E-state index contributed by atoms with van der Waals surface area (Å²) in [5, 5.41) is 12.5. The SMILES string of the molecule is CC1=Cc2cc3c(cc2=C1)C(O)=C(C1=COCO1)C=3. The molecule has 1 N–H and O–H groups in total. The fraction of sp³-hybridized carbons (Fsp3) is 0.125. The van der Waals surface area contributed by atoms with E-state index in [9.17, 15) is 5.11 Å². The van der Waals surface area contributed by atoms with Crippen LogP contribution in [0.15, 0.2) is 35.3 Å². The van der Waals surface area contributed by atoms with E-state index in [0.29, 0.717) is 11.3 Å². The molecule has 3 heteroatoms. The molecule has 3 nitrogen and oxygen atoms in total. The van der Waals surface area contributed by atoms with E-state index in [2.05, 4.69) is 25.1 Å². The summed E-state index contributed by atoms with van der Waals surface area (Å²) in [7, 11) is 0. The van der Waals surface area contributed by atoms with Gasteiger partial charge in [-0.05, 0) is 46.7 Å². The molecule has 0 aromatic heterocycles. The second kappa shape index (κ2) is 3.54. The molecule has 0 radical (unpaired) electrons. The lowest BCUT2D eigenvalue weighted by molar-refractivity contribution is 0.0837. The first-order chi connectivity index (χ1) is 9.22. The van der Waals surface area contributed by atoms with Gasteiger partial charge in [-0.3, -0.25) is 0 Å². The van der Waals surface area contributed by atoms with Crippen LogP contribution in [0.25, 0.3) is 24.0 Å². The Bertz CT molecular complexity index is 807. The van der Waals surface area contributed by atoms with Crippen molar-refractivity contribution in [2.75, 3.05) is 6.79 Å². The molecule has 0 unspecified atom stereocenters. The summed E-state index contributed by atoms with van der Waals surface area (Å²) in [6, 6.07) is 4.12. The molecular formula is C16H12O3. The summed E-state index contributed by atoms with van der Waals surface area (Å²) in [5.41, 5.74) is 3.97. The van der Waals surface area contributed by atoms with Gasteiger partial charge in [0.1, 0.15) is 12.0 Å². The zero-order chi connectivity index (χ0) is 13.0. The zero-order valence-electron chi connectivity index (χ0n) is 10.4. The van der Waals surface area contributed by atoms with E-state index in [4.69, 9.17) is 9.47 Å². The van der Waals surface area contributed by atoms with E-state index < -0.39 is 0 Å². The maximum Gasteiger partial charge on any atom is 0.230 e. The molecule has 0 bridgehead atoms. The molecule has 4 rings (SSSR count). The monoisotopic (exact) mass is 252 g/mol. The predicted molar refractivity (Wildman–Crippen MR) is 72.9 cm³/mol. The van der Waals surface area contributed by atoms with Gasteiger partial charge in [0.2, 0.25) is 6.79 Å². The standard InChI is InChI=1S/C16H12O3/c1-9-2-10-4-12-6-14(15-7-18-8-19-15)16(17)13(12)5-11(10)3-9/h2-7,17H,8H2,1H3. The van der Waals surface area contributed by atoms with Crippen molar-refractivity contribution in [3.63, 3.8) is 0 Å². The quantitative estimate of drug-likeness (QED) is 0.828. The van der Waals surface area contributed by atoms with Crippen molar-refractivity contribution in [1.82, 2.24) is 0 Å². The van der Waals surface area contributed by atoms with E-state index >= 15 is 0 Å². The molecule has 0 fully saturated rings. The van der Waals surface area contributed by atoms with Crippen molar-refractivity contribution in [3.05, 3.63) is 56.9 Å². The van der Waals surface area contributed by atoms with Crippen LogP contribution < -0.4 is 10.4 Å². The van der Waals surface area contributed by atoms with E-state index in [1.54, 1.807) is 0 Å². The summed E-state index contributed by atoms with van der Waals surface area (Å²) >= 11 is 0. The highest BCUT2D eigenvalue weighted by Gasteiger charge is 2.22. The largest absolute Gasteiger partial charge is 0.507 e. The molecule has 1 aromatic rings. The van der Waals surface area contributed by atoms with Crippen molar-refractivity contribution in [1.29, 1.82) is 0 Å². The van der Waals surface area contributed by atoms with Crippen LogP contribution in [0, 0.1) is 0 Å². The molecule has 19 heavy (non-hydrogen) atoms. The average Bonchev–Trinajstić information content (AvgIpc) is 3.06. The van der Waals surface area contributed by atoms with Crippen LogP contribution in [0.2, 0.25) is 0 Å². The summed E-state index contributed by atoms with van der Waals surface area (Å²) in [6.45, 7) is 2.28. The van der Waals surface area contributed by atoms with E-state index in [1.807, 2.05) is 12.1 Å². The third-order valence-electron chi connectivity index (χ3n) is 3.57. The molecule has 0 spiro atoms. The molecule has 3 aliphatic rings. The van der Waals surface area contributed by atoms with Gasteiger partial charge in [0.05, 0.1) is 5.57 Å². The van der Waals surface area contributed by atoms with Crippen molar-refractivity contribution in [2.24, 2.45) is 0 Å². The van der Waals surface area contributed by atoms with Crippen LogP contribution in [-0.2, 0) is 9.47 Å². The molecule has 0 saturated heterocycles. The van der Waals surface area contributed by atoms with Crippen LogP contribution in [-0.4, -0.2) is 11.9 Å². The fourth-order valence-electron chi connectivity index (χ4n) is 2.70. The second-order valence-electron chi connectivity index (χ2n) is 4.92. The van der Waals surface area contributed by atoms with E-state index in [0.717, 1.165) is 16.0 Å². The van der Waals surface area contributed by atoms with Gasteiger partial charge in [0.25, 0.3) is 0 Å². The van der Waals surface area contributed by atoms with E-state index in [1.165, 1.54) is 17.4 Å². The molecule has 0 amide bonds. The topological polar surface area (TPSA) is 38.7 Å². The Morgan fingerprint density at radius 1 is 1.11 bits per heavy atom. The molecule has 94 valence electrons. The van der Waals surface area contributed by atoms with Crippen molar-refractivity contribution in [2.45, 2.75) is 6.92 Å². The number of ether oxygens (including phenoxy) is 2. The third-order valence-corrected chi connectivity index (χ3v) is 3.57. The van der Waals surface area contributed by atoms with Gasteiger partial charge in [0, 0.05) is 5.56 Å². The lowest BCUT2D eigenvalue weighted by Crippen LogP contribution is -2.14. The van der Waals surface area contributed by atoms with Gasteiger partial charge in [-0.25, -0.2) is 0 Å². The van der Waals surface area contributed by atoms with Crippen LogP contribution >= 0.6 is 0 Å². The van der Waals surface area contributed by atoms with Crippen molar-refractivity contribution >= 4 is 24.0 Å². The first-order valence-corrected chi connectivity index (χ1v) is 6.17. The first-order valence-electron chi connectivity index (χ1n) is 6.17. The molecule has 0 saturated carbocycles.